The second-order valence-corrected chi connectivity index (χ2v) is 7.32. The lowest BCUT2D eigenvalue weighted by Gasteiger charge is -2.30. The molecule has 2 N–H and O–H groups in total. The van der Waals surface area contributed by atoms with Crippen molar-refractivity contribution in [1.29, 1.82) is 5.26 Å². The summed E-state index contributed by atoms with van der Waals surface area (Å²) in [6.07, 6.45) is 1.78. The molecular formula is C21H22N6O3. The number of ether oxygens (including phenoxy) is 1. The summed E-state index contributed by atoms with van der Waals surface area (Å²) < 4.78 is 12.6. The van der Waals surface area contributed by atoms with Crippen molar-refractivity contribution >= 4 is 5.91 Å². The van der Waals surface area contributed by atoms with Crippen molar-refractivity contribution in [3.63, 3.8) is 0 Å². The molecule has 0 saturated carbocycles. The van der Waals surface area contributed by atoms with Crippen molar-refractivity contribution in [2.75, 3.05) is 13.1 Å². The number of benzene rings is 1. The minimum Gasteiger partial charge on any atom is -0.469 e. The van der Waals surface area contributed by atoms with Gasteiger partial charge in [-0.3, -0.25) is 4.79 Å². The second-order valence-electron chi connectivity index (χ2n) is 7.32. The van der Waals surface area contributed by atoms with E-state index in [0.29, 0.717) is 36.0 Å². The van der Waals surface area contributed by atoms with Gasteiger partial charge in [0.15, 0.2) is 18.1 Å². The van der Waals surface area contributed by atoms with E-state index in [9.17, 15) is 4.79 Å². The van der Waals surface area contributed by atoms with Crippen LogP contribution in [0.25, 0.3) is 5.69 Å². The second kappa shape index (κ2) is 8.39. The van der Waals surface area contributed by atoms with Crippen LogP contribution in [0.3, 0.4) is 0 Å². The molecule has 1 aliphatic heterocycles. The van der Waals surface area contributed by atoms with E-state index in [1.54, 1.807) is 46.0 Å². The zero-order chi connectivity index (χ0) is 21.1. The van der Waals surface area contributed by atoms with Crippen LogP contribution in [-0.2, 0) is 6.61 Å². The molecule has 1 atom stereocenters. The molecular weight excluding hydrogens is 384 g/mol. The van der Waals surface area contributed by atoms with Gasteiger partial charge in [-0.1, -0.05) is 5.16 Å². The fourth-order valence-electron chi connectivity index (χ4n) is 3.42. The zero-order valence-corrected chi connectivity index (χ0v) is 16.6. The molecule has 9 nitrogen and oxygen atoms in total. The van der Waals surface area contributed by atoms with Gasteiger partial charge in [0.1, 0.15) is 0 Å². The topological polar surface area (TPSA) is 123 Å². The van der Waals surface area contributed by atoms with Gasteiger partial charge in [0.05, 0.1) is 23.0 Å². The van der Waals surface area contributed by atoms with Crippen LogP contribution in [0.15, 0.2) is 40.9 Å². The number of rotatable bonds is 5. The number of likely N-dealkylation sites (tertiary alicyclic amines) is 1. The first kappa shape index (κ1) is 19.7. The van der Waals surface area contributed by atoms with Gasteiger partial charge in [-0.15, -0.1) is 0 Å². The Morgan fingerprint density at radius 3 is 2.83 bits per heavy atom. The van der Waals surface area contributed by atoms with Gasteiger partial charge in [0.2, 0.25) is 5.88 Å². The molecule has 1 amide bonds. The van der Waals surface area contributed by atoms with Gasteiger partial charge in [-0.05, 0) is 44.0 Å². The van der Waals surface area contributed by atoms with Crippen LogP contribution in [0.5, 0.6) is 5.88 Å². The summed E-state index contributed by atoms with van der Waals surface area (Å²) in [5.41, 5.74) is 8.26. The van der Waals surface area contributed by atoms with E-state index >= 15 is 0 Å². The third-order valence-corrected chi connectivity index (χ3v) is 4.92. The molecule has 4 rings (SSSR count). The van der Waals surface area contributed by atoms with Gasteiger partial charge in [-0.2, -0.15) is 10.4 Å². The molecule has 0 spiro atoms. The van der Waals surface area contributed by atoms with Crippen LogP contribution in [-0.4, -0.2) is 44.9 Å². The Kier molecular flexibility index (Phi) is 5.50. The lowest BCUT2D eigenvalue weighted by Crippen LogP contribution is -2.45. The average Bonchev–Trinajstić information content (AvgIpc) is 3.38. The Bertz CT molecular complexity index is 1080. The predicted molar refractivity (Wildman–Crippen MR) is 107 cm³/mol. The highest BCUT2D eigenvalue weighted by Crippen LogP contribution is 2.23. The summed E-state index contributed by atoms with van der Waals surface area (Å²) in [6, 6.07) is 12.3. The lowest BCUT2D eigenvalue weighted by molar-refractivity contribution is 0.0702. The number of nitrogens with two attached hydrogens (primary N) is 1. The highest BCUT2D eigenvalue weighted by atomic mass is 16.5. The maximum absolute atomic E-state index is 13.0. The maximum Gasteiger partial charge on any atom is 0.274 e. The van der Waals surface area contributed by atoms with Crippen LogP contribution in [0.4, 0.5) is 0 Å². The number of aryl methyl sites for hydroxylation is 1. The SMILES string of the molecule is Cc1cc(COc2cc(C(=O)N3CCC[C@@H](N)C3)nn2-c2ccc(C#N)cc2)on1. The smallest absolute Gasteiger partial charge is 0.274 e. The molecule has 2 aromatic heterocycles. The summed E-state index contributed by atoms with van der Waals surface area (Å²) in [5.74, 6) is 0.770. The predicted octanol–water partition coefficient (Wildman–Crippen LogP) is 2.18. The Labute approximate surface area is 173 Å². The Morgan fingerprint density at radius 1 is 1.37 bits per heavy atom. The number of hydrogen-bond acceptors (Lipinski definition) is 7. The molecule has 0 aliphatic carbocycles. The molecule has 9 heteroatoms. The zero-order valence-electron chi connectivity index (χ0n) is 16.6. The summed E-state index contributed by atoms with van der Waals surface area (Å²) in [6.45, 7) is 3.14. The first-order chi connectivity index (χ1) is 14.5. The highest BCUT2D eigenvalue weighted by Gasteiger charge is 2.26. The maximum atomic E-state index is 13.0. The van der Waals surface area contributed by atoms with Crippen LogP contribution in [0.2, 0.25) is 0 Å². The van der Waals surface area contributed by atoms with Crippen LogP contribution < -0.4 is 10.5 Å². The van der Waals surface area contributed by atoms with Gasteiger partial charge >= 0.3 is 0 Å². The number of carbonyl (C=O) groups is 1. The summed E-state index contributed by atoms with van der Waals surface area (Å²) in [4.78, 5) is 14.7. The molecule has 0 unspecified atom stereocenters. The van der Waals surface area contributed by atoms with Crippen molar-refractivity contribution in [3.8, 4) is 17.6 Å². The normalized spacial score (nSPS) is 16.3. The van der Waals surface area contributed by atoms with E-state index in [-0.39, 0.29) is 24.2 Å². The van der Waals surface area contributed by atoms with Crippen molar-refractivity contribution in [2.24, 2.45) is 5.73 Å². The van der Waals surface area contributed by atoms with E-state index in [0.717, 1.165) is 18.5 Å². The third kappa shape index (κ3) is 4.18. The third-order valence-electron chi connectivity index (χ3n) is 4.92. The minimum absolute atomic E-state index is 0.0197. The Morgan fingerprint density at radius 2 is 2.17 bits per heavy atom. The fourth-order valence-corrected chi connectivity index (χ4v) is 3.42. The van der Waals surface area contributed by atoms with Gasteiger partial charge in [-0.25, -0.2) is 4.68 Å². The summed E-state index contributed by atoms with van der Waals surface area (Å²) >= 11 is 0. The van der Waals surface area contributed by atoms with Gasteiger partial charge < -0.3 is 19.9 Å². The van der Waals surface area contributed by atoms with Crippen molar-refractivity contribution in [3.05, 3.63) is 59.1 Å². The van der Waals surface area contributed by atoms with Crippen molar-refractivity contribution < 1.29 is 14.1 Å². The van der Waals surface area contributed by atoms with Crippen molar-refractivity contribution in [2.45, 2.75) is 32.4 Å². The van der Waals surface area contributed by atoms with E-state index in [4.69, 9.17) is 20.3 Å². The van der Waals surface area contributed by atoms with Gasteiger partial charge in [0, 0.05) is 31.3 Å². The quantitative estimate of drug-likeness (QED) is 0.689. The van der Waals surface area contributed by atoms with Crippen molar-refractivity contribution in [1.82, 2.24) is 19.8 Å². The minimum atomic E-state index is -0.182. The molecule has 0 bridgehead atoms. The standard InChI is InChI=1S/C21H22N6O3/c1-14-9-18(30-25-14)13-29-20-10-19(21(28)26-8-2-3-16(23)12-26)24-27(20)17-6-4-15(11-22)5-7-17/h4-7,9-10,16H,2-3,8,12-13,23H2,1H3/t16-/m1/s1. The van der Waals surface area contributed by atoms with E-state index in [2.05, 4.69) is 16.3 Å². The monoisotopic (exact) mass is 406 g/mol. The number of nitriles is 1. The van der Waals surface area contributed by atoms with E-state index < -0.39 is 0 Å². The number of nitrogens with zero attached hydrogens (tertiary/aromatic N) is 5. The number of piperidine rings is 1. The fraction of sp³-hybridized carbons (Fsp3) is 0.333. The number of amides is 1. The number of carbonyl (C=O) groups excluding carboxylic acids is 1. The molecule has 154 valence electrons. The van der Waals surface area contributed by atoms with Gasteiger partial charge in [0.25, 0.3) is 5.91 Å². The molecule has 1 saturated heterocycles. The molecule has 30 heavy (non-hydrogen) atoms. The lowest BCUT2D eigenvalue weighted by atomic mass is 10.1. The molecule has 3 heterocycles. The van der Waals surface area contributed by atoms with Crippen LogP contribution in [0.1, 0.15) is 40.3 Å². The Hall–Kier alpha value is -3.64. The molecule has 1 fully saturated rings. The van der Waals surface area contributed by atoms with Crippen LogP contribution >= 0.6 is 0 Å². The molecule has 3 aromatic rings. The number of hydrogen-bond donors (Lipinski definition) is 1. The summed E-state index contributed by atoms with van der Waals surface area (Å²) in [5, 5.41) is 17.4. The first-order valence-corrected chi connectivity index (χ1v) is 9.74. The highest BCUT2D eigenvalue weighted by molar-refractivity contribution is 5.92. The molecule has 1 aliphatic rings. The average molecular weight is 406 g/mol. The molecule has 0 radical (unpaired) electrons. The number of aromatic nitrogens is 3. The van der Waals surface area contributed by atoms with Crippen LogP contribution in [0, 0.1) is 18.3 Å². The van der Waals surface area contributed by atoms with E-state index in [1.165, 1.54) is 0 Å². The summed E-state index contributed by atoms with van der Waals surface area (Å²) in [7, 11) is 0. The molecule has 1 aromatic carbocycles. The Balaban J connectivity index is 1.63. The van der Waals surface area contributed by atoms with E-state index in [1.807, 2.05) is 6.92 Å². The first-order valence-electron chi connectivity index (χ1n) is 9.74. The largest absolute Gasteiger partial charge is 0.469 e.